The van der Waals surface area contributed by atoms with Crippen LogP contribution < -0.4 is 4.74 Å². The maximum atomic E-state index is 11.2. The third kappa shape index (κ3) is 3.54. The molecule has 0 saturated heterocycles. The van der Waals surface area contributed by atoms with E-state index in [4.69, 9.17) is 9.84 Å². The molecule has 1 heterocycles. The molecular weight excluding hydrogens is 378 g/mol. The number of pyridine rings is 1. The van der Waals surface area contributed by atoms with E-state index in [-0.39, 0.29) is 18.1 Å². The van der Waals surface area contributed by atoms with Gasteiger partial charge in [-0.05, 0) is 43.5 Å². The van der Waals surface area contributed by atoms with Crippen molar-refractivity contribution >= 4 is 37.8 Å². The van der Waals surface area contributed by atoms with Gasteiger partial charge in [0.15, 0.2) is 11.4 Å². The second-order valence-electron chi connectivity index (χ2n) is 3.68. The van der Waals surface area contributed by atoms with Gasteiger partial charge in [0.05, 0.1) is 4.47 Å². The Balaban J connectivity index is 2.27. The molecule has 0 spiro atoms. The monoisotopic (exact) mass is 385 g/mol. The molecule has 0 radical (unpaired) electrons. The number of benzene rings is 1. The highest BCUT2D eigenvalue weighted by molar-refractivity contribution is 9.11. The van der Waals surface area contributed by atoms with Crippen molar-refractivity contribution in [2.45, 2.75) is 6.61 Å². The lowest BCUT2D eigenvalue weighted by atomic mass is 10.2. The highest BCUT2D eigenvalue weighted by Crippen LogP contribution is 2.31. The normalized spacial score (nSPS) is 10.2. The van der Waals surface area contributed by atoms with Crippen LogP contribution in [0.3, 0.4) is 0 Å². The van der Waals surface area contributed by atoms with Gasteiger partial charge >= 0.3 is 5.97 Å². The molecule has 6 heteroatoms. The van der Waals surface area contributed by atoms with Crippen LogP contribution in [0.2, 0.25) is 0 Å². The van der Waals surface area contributed by atoms with Crippen LogP contribution in [0.4, 0.5) is 0 Å². The zero-order valence-corrected chi connectivity index (χ0v) is 12.8. The zero-order chi connectivity index (χ0) is 13.8. The van der Waals surface area contributed by atoms with E-state index in [0.717, 1.165) is 5.56 Å². The third-order valence-corrected chi connectivity index (χ3v) is 3.32. The Bertz CT molecular complexity index is 602. The number of hydrogen-bond donors (Lipinski definition) is 1. The Kier molecular flexibility index (Phi) is 4.55. The molecule has 0 aliphatic heterocycles. The van der Waals surface area contributed by atoms with Crippen molar-refractivity contribution in [1.29, 1.82) is 0 Å². The first kappa shape index (κ1) is 14.0. The van der Waals surface area contributed by atoms with Crippen LogP contribution in [-0.2, 0) is 6.61 Å². The summed E-state index contributed by atoms with van der Waals surface area (Å²) < 4.78 is 6.54. The number of carboxylic acids is 1. The molecule has 0 unspecified atom stereocenters. The molecule has 1 aromatic heterocycles. The topological polar surface area (TPSA) is 59.4 Å². The molecule has 0 aliphatic carbocycles. The molecule has 1 N–H and O–H groups in total. The van der Waals surface area contributed by atoms with Crippen LogP contribution in [0.25, 0.3) is 0 Å². The SMILES string of the molecule is O=C(O)c1nc(Br)cc(Br)c1OCc1ccccc1. The lowest BCUT2D eigenvalue weighted by Crippen LogP contribution is -2.07. The summed E-state index contributed by atoms with van der Waals surface area (Å²) in [5.41, 5.74) is 0.825. The number of ether oxygens (including phenoxy) is 1. The van der Waals surface area contributed by atoms with Gasteiger partial charge in [0.1, 0.15) is 11.2 Å². The van der Waals surface area contributed by atoms with E-state index in [2.05, 4.69) is 36.8 Å². The number of hydrogen-bond acceptors (Lipinski definition) is 3. The van der Waals surface area contributed by atoms with Crippen molar-refractivity contribution < 1.29 is 14.6 Å². The Morgan fingerprint density at radius 2 is 1.95 bits per heavy atom. The van der Waals surface area contributed by atoms with Gasteiger partial charge < -0.3 is 9.84 Å². The average Bonchev–Trinajstić information content (AvgIpc) is 2.38. The highest BCUT2D eigenvalue weighted by atomic mass is 79.9. The number of carbonyl (C=O) groups is 1. The van der Waals surface area contributed by atoms with Gasteiger partial charge in [-0.25, -0.2) is 9.78 Å². The van der Waals surface area contributed by atoms with Crippen LogP contribution in [0.5, 0.6) is 5.75 Å². The van der Waals surface area contributed by atoms with E-state index < -0.39 is 5.97 Å². The lowest BCUT2D eigenvalue weighted by molar-refractivity contribution is 0.0684. The van der Waals surface area contributed by atoms with Gasteiger partial charge in [0.25, 0.3) is 0 Å². The van der Waals surface area contributed by atoms with E-state index in [1.807, 2.05) is 30.3 Å². The molecule has 0 amide bonds. The third-order valence-electron chi connectivity index (χ3n) is 2.33. The average molecular weight is 387 g/mol. The molecule has 98 valence electrons. The van der Waals surface area contributed by atoms with Gasteiger partial charge in [-0.3, -0.25) is 0 Å². The number of rotatable bonds is 4. The van der Waals surface area contributed by atoms with E-state index in [1.165, 1.54) is 0 Å². The Labute approximate surface area is 126 Å². The summed E-state index contributed by atoms with van der Waals surface area (Å²) in [6.07, 6.45) is 0. The number of halogens is 2. The molecule has 4 nitrogen and oxygen atoms in total. The molecule has 19 heavy (non-hydrogen) atoms. The summed E-state index contributed by atoms with van der Waals surface area (Å²) in [5, 5.41) is 9.13. The molecule has 0 saturated carbocycles. The minimum absolute atomic E-state index is 0.128. The molecule has 0 aliphatic rings. The largest absolute Gasteiger partial charge is 0.485 e. The molecule has 0 atom stereocenters. The van der Waals surface area contributed by atoms with Crippen LogP contribution in [0.1, 0.15) is 16.1 Å². The zero-order valence-electron chi connectivity index (χ0n) is 9.64. The van der Waals surface area contributed by atoms with Crippen LogP contribution in [0, 0.1) is 0 Å². The molecular formula is C13H9Br2NO3. The van der Waals surface area contributed by atoms with Crippen LogP contribution >= 0.6 is 31.9 Å². The van der Waals surface area contributed by atoms with Crippen molar-refractivity contribution in [3.63, 3.8) is 0 Å². The first-order chi connectivity index (χ1) is 9.08. The number of aromatic nitrogens is 1. The van der Waals surface area contributed by atoms with Crippen LogP contribution in [-0.4, -0.2) is 16.1 Å². The standard InChI is InChI=1S/C13H9Br2NO3/c14-9-6-10(15)16-11(13(17)18)12(9)19-7-8-4-2-1-3-5-8/h1-6H,7H2,(H,17,18). The van der Waals surface area contributed by atoms with Crippen molar-refractivity contribution in [3.05, 3.63) is 56.7 Å². The minimum atomic E-state index is -1.13. The summed E-state index contributed by atoms with van der Waals surface area (Å²) in [7, 11) is 0. The Morgan fingerprint density at radius 3 is 2.58 bits per heavy atom. The van der Waals surface area contributed by atoms with Crippen molar-refractivity contribution in [1.82, 2.24) is 4.98 Å². The van der Waals surface area contributed by atoms with Gasteiger partial charge in [0, 0.05) is 0 Å². The van der Waals surface area contributed by atoms with Gasteiger partial charge in [-0.15, -0.1) is 0 Å². The van der Waals surface area contributed by atoms with Crippen LogP contribution in [0.15, 0.2) is 45.5 Å². The Hall–Kier alpha value is -1.40. The summed E-state index contributed by atoms with van der Waals surface area (Å²) >= 11 is 6.43. The second-order valence-corrected chi connectivity index (χ2v) is 5.35. The fraction of sp³-hybridized carbons (Fsp3) is 0.0769. The predicted octanol–water partition coefficient (Wildman–Crippen LogP) is 3.88. The maximum Gasteiger partial charge on any atom is 0.358 e. The fourth-order valence-corrected chi connectivity index (χ4v) is 2.72. The first-order valence-electron chi connectivity index (χ1n) is 5.34. The summed E-state index contributed by atoms with van der Waals surface area (Å²) in [6.45, 7) is 0.281. The van der Waals surface area contributed by atoms with Crippen molar-refractivity contribution in [3.8, 4) is 5.75 Å². The van der Waals surface area contributed by atoms with Crippen molar-refractivity contribution in [2.24, 2.45) is 0 Å². The molecule has 0 bridgehead atoms. The summed E-state index contributed by atoms with van der Waals surface area (Å²) in [6, 6.07) is 11.1. The summed E-state index contributed by atoms with van der Waals surface area (Å²) in [4.78, 5) is 15.1. The van der Waals surface area contributed by atoms with E-state index in [1.54, 1.807) is 6.07 Å². The highest BCUT2D eigenvalue weighted by Gasteiger charge is 2.18. The smallest absolute Gasteiger partial charge is 0.358 e. The first-order valence-corrected chi connectivity index (χ1v) is 6.92. The Morgan fingerprint density at radius 1 is 1.26 bits per heavy atom. The maximum absolute atomic E-state index is 11.2. The van der Waals surface area contributed by atoms with Gasteiger partial charge in [-0.2, -0.15) is 0 Å². The number of nitrogens with zero attached hydrogens (tertiary/aromatic N) is 1. The number of aromatic carboxylic acids is 1. The lowest BCUT2D eigenvalue weighted by Gasteiger charge is -2.11. The molecule has 2 rings (SSSR count). The summed E-state index contributed by atoms with van der Waals surface area (Å²) in [5.74, 6) is -0.912. The van der Waals surface area contributed by atoms with E-state index in [9.17, 15) is 4.79 Å². The predicted molar refractivity (Wildman–Crippen MR) is 77.4 cm³/mol. The quantitative estimate of drug-likeness (QED) is 0.810. The molecule has 1 aromatic carbocycles. The van der Waals surface area contributed by atoms with Gasteiger partial charge in [0.2, 0.25) is 0 Å². The fourth-order valence-electron chi connectivity index (χ4n) is 1.49. The van der Waals surface area contributed by atoms with E-state index >= 15 is 0 Å². The van der Waals surface area contributed by atoms with Gasteiger partial charge in [-0.1, -0.05) is 30.3 Å². The minimum Gasteiger partial charge on any atom is -0.485 e. The molecule has 2 aromatic rings. The second kappa shape index (κ2) is 6.16. The molecule has 0 fully saturated rings. The van der Waals surface area contributed by atoms with Crippen molar-refractivity contribution in [2.75, 3.05) is 0 Å². The number of carboxylic acid groups (broad SMARTS) is 1. The van der Waals surface area contributed by atoms with E-state index in [0.29, 0.717) is 9.08 Å².